The second-order valence-corrected chi connectivity index (χ2v) is 6.61. The van der Waals surface area contributed by atoms with Crippen LogP contribution in [0.15, 0.2) is 30.3 Å². The van der Waals surface area contributed by atoms with Crippen molar-refractivity contribution in [2.75, 3.05) is 26.2 Å². The molecule has 9 heteroatoms. The van der Waals surface area contributed by atoms with Crippen molar-refractivity contribution in [3.63, 3.8) is 0 Å². The van der Waals surface area contributed by atoms with Gasteiger partial charge in [0, 0.05) is 12.1 Å². The number of piperidine rings is 1. The topological polar surface area (TPSA) is 81.3 Å². The van der Waals surface area contributed by atoms with Gasteiger partial charge in [0.2, 0.25) is 0 Å². The van der Waals surface area contributed by atoms with Gasteiger partial charge in [0.15, 0.2) is 0 Å². The van der Waals surface area contributed by atoms with Gasteiger partial charge in [0.1, 0.15) is 12.3 Å². The van der Waals surface area contributed by atoms with Gasteiger partial charge in [-0.2, -0.15) is 23.1 Å². The van der Waals surface area contributed by atoms with Crippen LogP contribution < -0.4 is 10.5 Å². The molecule has 1 aromatic heterocycles. The molecule has 0 radical (unpaired) electrons. The van der Waals surface area contributed by atoms with E-state index in [1.165, 1.54) is 24.6 Å². The van der Waals surface area contributed by atoms with Gasteiger partial charge in [-0.05, 0) is 44.1 Å². The average Bonchev–Trinajstić information content (AvgIpc) is 2.68. The number of amides is 1. The smallest absolute Gasteiger partial charge is 0.416 e. The van der Waals surface area contributed by atoms with Crippen molar-refractivity contribution in [1.82, 2.24) is 14.9 Å². The summed E-state index contributed by atoms with van der Waals surface area (Å²) in [4.78, 5) is 22.0. The summed E-state index contributed by atoms with van der Waals surface area (Å²) < 4.78 is 43.8. The minimum absolute atomic E-state index is 0.0248. The van der Waals surface area contributed by atoms with E-state index in [2.05, 4.69) is 14.9 Å². The fraction of sp³-hybridized carbons (Fsp3) is 0.421. The van der Waals surface area contributed by atoms with Crippen LogP contribution in [0, 0.1) is 0 Å². The highest BCUT2D eigenvalue weighted by atomic mass is 19.4. The predicted octanol–water partition coefficient (Wildman–Crippen LogP) is 3.13. The molecule has 0 spiro atoms. The molecule has 28 heavy (non-hydrogen) atoms. The maximum absolute atomic E-state index is 12.7. The number of benzene rings is 1. The molecule has 2 N–H and O–H groups in total. The molecule has 0 atom stereocenters. The van der Waals surface area contributed by atoms with Gasteiger partial charge in [-0.3, -0.25) is 9.69 Å². The number of halogens is 3. The number of rotatable bonds is 6. The lowest BCUT2D eigenvalue weighted by Gasteiger charge is -2.25. The van der Waals surface area contributed by atoms with E-state index in [1.807, 2.05) is 0 Å². The van der Waals surface area contributed by atoms with Crippen LogP contribution in [0.4, 0.5) is 13.2 Å². The van der Waals surface area contributed by atoms with Crippen molar-refractivity contribution in [2.24, 2.45) is 5.73 Å². The van der Waals surface area contributed by atoms with Crippen LogP contribution in [0.25, 0.3) is 11.3 Å². The molecule has 0 saturated carbocycles. The minimum Gasteiger partial charge on any atom is -0.462 e. The number of hydrogen-bond donors (Lipinski definition) is 1. The van der Waals surface area contributed by atoms with E-state index >= 15 is 0 Å². The van der Waals surface area contributed by atoms with Crippen molar-refractivity contribution >= 4 is 5.91 Å². The van der Waals surface area contributed by atoms with Gasteiger partial charge in [0.05, 0.1) is 11.3 Å². The highest BCUT2D eigenvalue weighted by Gasteiger charge is 2.30. The third-order valence-corrected chi connectivity index (χ3v) is 4.55. The maximum Gasteiger partial charge on any atom is 0.416 e. The molecule has 1 saturated heterocycles. The molecule has 0 bridgehead atoms. The van der Waals surface area contributed by atoms with Crippen LogP contribution in [-0.2, 0) is 6.18 Å². The normalized spacial score (nSPS) is 15.4. The van der Waals surface area contributed by atoms with E-state index in [0.717, 1.165) is 38.1 Å². The number of carbonyl (C=O) groups is 1. The molecular weight excluding hydrogens is 373 g/mol. The lowest BCUT2D eigenvalue weighted by atomic mass is 10.1. The summed E-state index contributed by atoms with van der Waals surface area (Å²) in [5, 5.41) is 0. The molecule has 0 aliphatic carbocycles. The van der Waals surface area contributed by atoms with Crippen LogP contribution in [0.2, 0.25) is 0 Å². The minimum atomic E-state index is -4.43. The molecular formula is C19H21F3N4O2. The number of alkyl halides is 3. The van der Waals surface area contributed by atoms with Gasteiger partial charge in [-0.25, -0.2) is 0 Å². The Kier molecular flexibility index (Phi) is 6.13. The molecule has 2 aromatic rings. The van der Waals surface area contributed by atoms with Crippen molar-refractivity contribution in [1.29, 1.82) is 0 Å². The van der Waals surface area contributed by atoms with E-state index in [-0.39, 0.29) is 17.4 Å². The highest BCUT2D eigenvalue weighted by Crippen LogP contribution is 2.31. The first-order valence-electron chi connectivity index (χ1n) is 9.04. The molecule has 3 rings (SSSR count). The van der Waals surface area contributed by atoms with E-state index in [4.69, 9.17) is 10.5 Å². The van der Waals surface area contributed by atoms with Crippen molar-refractivity contribution in [3.05, 3.63) is 41.6 Å². The zero-order chi connectivity index (χ0) is 20.1. The summed E-state index contributed by atoms with van der Waals surface area (Å²) in [5.41, 5.74) is 5.16. The molecule has 6 nitrogen and oxygen atoms in total. The van der Waals surface area contributed by atoms with E-state index in [9.17, 15) is 18.0 Å². The number of hydrogen-bond acceptors (Lipinski definition) is 5. The summed E-state index contributed by atoms with van der Waals surface area (Å²) in [6, 6.07) is 5.79. The van der Waals surface area contributed by atoms with E-state index in [1.54, 1.807) is 0 Å². The fourth-order valence-corrected chi connectivity index (χ4v) is 3.04. The van der Waals surface area contributed by atoms with Gasteiger partial charge in [-0.1, -0.05) is 18.6 Å². The van der Waals surface area contributed by atoms with Crippen LogP contribution in [0.1, 0.15) is 35.3 Å². The Morgan fingerprint density at radius 3 is 2.39 bits per heavy atom. The number of ether oxygens (including phenoxy) is 1. The van der Waals surface area contributed by atoms with Crippen molar-refractivity contribution in [3.8, 4) is 17.3 Å². The Labute approximate surface area is 160 Å². The zero-order valence-corrected chi connectivity index (χ0v) is 15.2. The molecule has 2 heterocycles. The van der Waals surface area contributed by atoms with Gasteiger partial charge < -0.3 is 10.5 Å². The van der Waals surface area contributed by atoms with Gasteiger partial charge in [-0.15, -0.1) is 0 Å². The number of likely N-dealkylation sites (tertiary alicyclic amines) is 1. The van der Waals surface area contributed by atoms with Crippen LogP contribution >= 0.6 is 0 Å². The fourth-order valence-electron chi connectivity index (χ4n) is 3.04. The largest absolute Gasteiger partial charge is 0.462 e. The third kappa shape index (κ3) is 5.19. The number of primary amides is 1. The van der Waals surface area contributed by atoms with Gasteiger partial charge in [0.25, 0.3) is 5.91 Å². The van der Waals surface area contributed by atoms with Crippen LogP contribution in [0.5, 0.6) is 6.01 Å². The second-order valence-electron chi connectivity index (χ2n) is 6.61. The second kappa shape index (κ2) is 8.55. The maximum atomic E-state index is 12.7. The summed E-state index contributed by atoms with van der Waals surface area (Å²) in [6.07, 6.45) is -0.875. The third-order valence-electron chi connectivity index (χ3n) is 4.55. The Hall–Kier alpha value is -2.68. The zero-order valence-electron chi connectivity index (χ0n) is 15.2. The van der Waals surface area contributed by atoms with Crippen molar-refractivity contribution < 1.29 is 22.7 Å². The first-order chi connectivity index (χ1) is 13.3. The molecule has 1 aromatic carbocycles. The lowest BCUT2D eigenvalue weighted by molar-refractivity contribution is -0.137. The van der Waals surface area contributed by atoms with E-state index in [0.29, 0.717) is 18.7 Å². The number of nitrogens with zero attached hydrogens (tertiary/aromatic N) is 3. The quantitative estimate of drug-likeness (QED) is 0.814. The standard InChI is InChI=1S/C19H21F3N4O2/c20-19(21,22)14-6-4-13(5-7-14)15-12-16(17(23)27)25-18(24-15)28-11-10-26-8-2-1-3-9-26/h4-7,12H,1-3,8-11H2,(H2,23,27). The highest BCUT2D eigenvalue weighted by molar-refractivity contribution is 5.91. The number of carbonyl (C=O) groups excluding carboxylic acids is 1. The molecule has 1 fully saturated rings. The summed E-state index contributed by atoms with van der Waals surface area (Å²) >= 11 is 0. The molecule has 1 aliphatic rings. The van der Waals surface area contributed by atoms with Crippen molar-refractivity contribution in [2.45, 2.75) is 25.4 Å². The molecule has 1 amide bonds. The Morgan fingerprint density at radius 2 is 1.79 bits per heavy atom. The summed E-state index contributed by atoms with van der Waals surface area (Å²) in [6.45, 7) is 3.08. The SMILES string of the molecule is NC(=O)c1cc(-c2ccc(C(F)(F)F)cc2)nc(OCCN2CCCCC2)n1. The van der Waals surface area contributed by atoms with E-state index < -0.39 is 17.6 Å². The molecule has 1 aliphatic heterocycles. The first kappa shape index (κ1) is 20.1. The van der Waals surface area contributed by atoms with Gasteiger partial charge >= 0.3 is 12.2 Å². The predicted molar refractivity (Wildman–Crippen MR) is 96.8 cm³/mol. The summed E-state index contributed by atoms with van der Waals surface area (Å²) in [5.74, 6) is -0.767. The average molecular weight is 394 g/mol. The monoisotopic (exact) mass is 394 g/mol. The Balaban J connectivity index is 1.76. The number of aromatic nitrogens is 2. The molecule has 150 valence electrons. The van der Waals surface area contributed by atoms with Crippen LogP contribution in [0.3, 0.4) is 0 Å². The first-order valence-corrected chi connectivity index (χ1v) is 9.04. The summed E-state index contributed by atoms with van der Waals surface area (Å²) in [7, 11) is 0. The lowest BCUT2D eigenvalue weighted by Crippen LogP contribution is -2.33. The number of nitrogens with two attached hydrogens (primary N) is 1. The Bertz CT molecular complexity index is 819. The van der Waals surface area contributed by atoms with Crippen LogP contribution in [-0.4, -0.2) is 47.0 Å². The molecule has 0 unspecified atom stereocenters. The Morgan fingerprint density at radius 1 is 1.11 bits per heavy atom.